The first-order valence-corrected chi connectivity index (χ1v) is 9.08. The molecule has 0 N–H and O–H groups in total. The quantitative estimate of drug-likeness (QED) is 0.727. The van der Waals surface area contributed by atoms with Gasteiger partial charge < -0.3 is 0 Å². The molecule has 2 aliphatic carbocycles. The van der Waals surface area contributed by atoms with E-state index in [4.69, 9.17) is 11.6 Å². The summed E-state index contributed by atoms with van der Waals surface area (Å²) in [6.45, 7) is 1.30. The predicted octanol–water partition coefficient (Wildman–Crippen LogP) is 2.63. The molecule has 1 aromatic rings. The number of aromatic nitrogens is 1. The molecule has 3 rings (SSSR count). The Bertz CT molecular complexity index is 551. The lowest BCUT2D eigenvalue weighted by molar-refractivity contribution is 0.380. The Morgan fingerprint density at radius 3 is 2.15 bits per heavy atom. The Morgan fingerprint density at radius 1 is 1.15 bits per heavy atom. The van der Waals surface area contributed by atoms with Gasteiger partial charge in [-0.25, -0.2) is 13.4 Å². The minimum atomic E-state index is -3.46. The highest BCUT2D eigenvalue weighted by Gasteiger charge is 2.36. The van der Waals surface area contributed by atoms with Crippen molar-refractivity contribution in [2.24, 2.45) is 11.8 Å². The van der Waals surface area contributed by atoms with Crippen LogP contribution in [0, 0.1) is 11.8 Å². The summed E-state index contributed by atoms with van der Waals surface area (Å²) in [5.74, 6) is 1.44. The molecule has 0 radical (unpaired) electrons. The summed E-state index contributed by atoms with van der Waals surface area (Å²) in [6.07, 6.45) is 6.14. The Hall–Kier alpha value is -0.650. The molecule has 0 aromatic carbocycles. The van der Waals surface area contributed by atoms with Crippen LogP contribution in [0.5, 0.6) is 0 Å². The van der Waals surface area contributed by atoms with Crippen LogP contribution in [0.1, 0.15) is 31.2 Å². The van der Waals surface area contributed by atoms with Gasteiger partial charge >= 0.3 is 0 Å². The van der Waals surface area contributed by atoms with Gasteiger partial charge in [0.05, 0.1) is 0 Å². The smallest absolute Gasteiger partial charge is 0.243 e. The van der Waals surface area contributed by atoms with Crippen molar-refractivity contribution in [1.82, 2.24) is 9.29 Å². The molecular formula is C14H19ClN2O2S. The van der Waals surface area contributed by atoms with Crippen LogP contribution < -0.4 is 0 Å². The average molecular weight is 315 g/mol. The van der Waals surface area contributed by atoms with Crippen molar-refractivity contribution in [3.63, 3.8) is 0 Å². The van der Waals surface area contributed by atoms with E-state index in [0.29, 0.717) is 30.8 Å². The van der Waals surface area contributed by atoms with Crippen LogP contribution in [-0.2, 0) is 15.9 Å². The van der Waals surface area contributed by atoms with Crippen LogP contribution in [0.25, 0.3) is 0 Å². The summed E-state index contributed by atoms with van der Waals surface area (Å²) >= 11 is 5.71. The van der Waals surface area contributed by atoms with Gasteiger partial charge in [-0.2, -0.15) is 4.31 Å². The number of rotatable bonds is 7. The van der Waals surface area contributed by atoms with E-state index in [1.807, 2.05) is 0 Å². The Balaban J connectivity index is 1.81. The zero-order valence-corrected chi connectivity index (χ0v) is 12.9. The van der Waals surface area contributed by atoms with E-state index in [1.54, 1.807) is 22.6 Å². The molecule has 0 saturated heterocycles. The van der Waals surface area contributed by atoms with Crippen molar-refractivity contribution in [3.05, 3.63) is 23.9 Å². The first kappa shape index (κ1) is 14.3. The molecule has 2 saturated carbocycles. The van der Waals surface area contributed by atoms with Crippen LogP contribution in [-0.4, -0.2) is 30.8 Å². The second kappa shape index (κ2) is 5.62. The lowest BCUT2D eigenvalue weighted by Gasteiger charge is -2.21. The average Bonchev–Trinajstić information content (AvgIpc) is 3.33. The SMILES string of the molecule is O=S(=O)(c1ccc(CCl)cn1)N(CC1CC1)CC1CC1. The van der Waals surface area contributed by atoms with Gasteiger partial charge in [0, 0.05) is 25.2 Å². The molecule has 2 fully saturated rings. The maximum Gasteiger partial charge on any atom is 0.260 e. The summed E-state index contributed by atoms with van der Waals surface area (Å²) < 4.78 is 27.0. The third kappa shape index (κ3) is 3.32. The maximum atomic E-state index is 12.7. The standard InChI is InChI=1S/C14H19ClN2O2S/c15-7-13-5-6-14(16-8-13)20(18,19)17(9-11-1-2-11)10-12-3-4-12/h5-6,8,11-12H,1-4,7,9-10H2. The van der Waals surface area contributed by atoms with E-state index in [0.717, 1.165) is 31.2 Å². The molecule has 2 aliphatic rings. The summed E-state index contributed by atoms with van der Waals surface area (Å²) in [5, 5.41) is 0.146. The highest BCUT2D eigenvalue weighted by atomic mass is 35.5. The number of hydrogen-bond donors (Lipinski definition) is 0. The molecule has 1 aromatic heterocycles. The molecule has 0 amide bonds. The van der Waals surface area contributed by atoms with Crippen molar-refractivity contribution in [1.29, 1.82) is 0 Å². The number of hydrogen-bond acceptors (Lipinski definition) is 3. The largest absolute Gasteiger partial charge is 0.260 e. The predicted molar refractivity (Wildman–Crippen MR) is 78.0 cm³/mol. The van der Waals surface area contributed by atoms with E-state index in [1.165, 1.54) is 0 Å². The molecule has 0 spiro atoms. The Kier molecular flexibility index (Phi) is 4.02. The first-order valence-electron chi connectivity index (χ1n) is 7.10. The van der Waals surface area contributed by atoms with E-state index in [-0.39, 0.29) is 5.03 Å². The fourth-order valence-electron chi connectivity index (χ4n) is 2.22. The van der Waals surface area contributed by atoms with Crippen LogP contribution in [0.3, 0.4) is 0 Å². The normalized spacial score (nSPS) is 19.5. The Labute approximate surface area is 125 Å². The van der Waals surface area contributed by atoms with Crippen molar-refractivity contribution >= 4 is 21.6 Å². The van der Waals surface area contributed by atoms with Gasteiger partial charge in [0.1, 0.15) is 0 Å². The second-order valence-electron chi connectivity index (χ2n) is 5.85. The topological polar surface area (TPSA) is 50.3 Å². The fourth-order valence-corrected chi connectivity index (χ4v) is 3.89. The summed E-state index contributed by atoms with van der Waals surface area (Å²) in [6, 6.07) is 3.30. The Morgan fingerprint density at radius 2 is 1.75 bits per heavy atom. The number of pyridine rings is 1. The highest BCUT2D eigenvalue weighted by molar-refractivity contribution is 7.89. The molecule has 4 nitrogen and oxygen atoms in total. The van der Waals surface area contributed by atoms with E-state index >= 15 is 0 Å². The number of halogens is 1. The third-order valence-corrected chi connectivity index (χ3v) is 5.93. The number of alkyl halides is 1. The van der Waals surface area contributed by atoms with Crippen LogP contribution >= 0.6 is 11.6 Å². The molecule has 0 bridgehead atoms. The zero-order valence-electron chi connectivity index (χ0n) is 11.3. The van der Waals surface area contributed by atoms with E-state index < -0.39 is 10.0 Å². The summed E-state index contributed by atoms with van der Waals surface area (Å²) in [7, 11) is -3.46. The van der Waals surface area contributed by atoms with Gasteiger partial charge in [-0.3, -0.25) is 0 Å². The van der Waals surface area contributed by atoms with Crippen molar-refractivity contribution in [2.75, 3.05) is 13.1 Å². The number of sulfonamides is 1. The van der Waals surface area contributed by atoms with Crippen molar-refractivity contribution in [3.8, 4) is 0 Å². The molecule has 6 heteroatoms. The van der Waals surface area contributed by atoms with Crippen LogP contribution in [0.2, 0.25) is 0 Å². The van der Waals surface area contributed by atoms with Gasteiger partial charge in [-0.15, -0.1) is 11.6 Å². The van der Waals surface area contributed by atoms with Crippen LogP contribution in [0.15, 0.2) is 23.4 Å². The summed E-state index contributed by atoms with van der Waals surface area (Å²) in [4.78, 5) is 4.08. The minimum absolute atomic E-state index is 0.146. The first-order chi connectivity index (χ1) is 9.59. The molecule has 20 heavy (non-hydrogen) atoms. The summed E-state index contributed by atoms with van der Waals surface area (Å²) in [5.41, 5.74) is 0.835. The molecule has 110 valence electrons. The lowest BCUT2D eigenvalue weighted by atomic mass is 10.3. The van der Waals surface area contributed by atoms with E-state index in [9.17, 15) is 8.42 Å². The molecule has 0 aliphatic heterocycles. The van der Waals surface area contributed by atoms with E-state index in [2.05, 4.69) is 4.98 Å². The maximum absolute atomic E-state index is 12.7. The second-order valence-corrected chi connectivity index (χ2v) is 8.00. The molecule has 1 heterocycles. The fraction of sp³-hybridized carbons (Fsp3) is 0.643. The van der Waals surface area contributed by atoms with Gasteiger partial charge in [-0.05, 0) is 49.1 Å². The van der Waals surface area contributed by atoms with Gasteiger partial charge in [0.25, 0.3) is 10.0 Å². The van der Waals surface area contributed by atoms with Crippen molar-refractivity contribution < 1.29 is 8.42 Å². The lowest BCUT2D eigenvalue weighted by Crippen LogP contribution is -2.35. The minimum Gasteiger partial charge on any atom is -0.243 e. The van der Waals surface area contributed by atoms with Crippen LogP contribution in [0.4, 0.5) is 0 Å². The van der Waals surface area contributed by atoms with Crippen molar-refractivity contribution in [2.45, 2.75) is 36.6 Å². The molecule has 0 unspecified atom stereocenters. The highest BCUT2D eigenvalue weighted by Crippen LogP contribution is 2.35. The monoisotopic (exact) mass is 314 g/mol. The molecule has 0 atom stereocenters. The van der Waals surface area contributed by atoms with Gasteiger partial charge in [0.15, 0.2) is 5.03 Å². The van der Waals surface area contributed by atoms with Gasteiger partial charge in [-0.1, -0.05) is 6.07 Å². The van der Waals surface area contributed by atoms with Gasteiger partial charge in [0.2, 0.25) is 0 Å². The molecular weight excluding hydrogens is 296 g/mol. The third-order valence-electron chi connectivity index (χ3n) is 3.87. The number of nitrogens with zero attached hydrogens (tertiary/aromatic N) is 2. The zero-order chi connectivity index (χ0) is 14.2.